The number of carbonyl (C=O) groups is 1. The summed E-state index contributed by atoms with van der Waals surface area (Å²) < 4.78 is 16.2. The number of nitrogens with one attached hydrogen (secondary N) is 1. The van der Waals surface area contributed by atoms with Crippen molar-refractivity contribution in [3.63, 3.8) is 0 Å². The normalized spacial score (nSPS) is 12.6. The van der Waals surface area contributed by atoms with Crippen LogP contribution in [0.25, 0.3) is 0 Å². The van der Waals surface area contributed by atoms with Crippen LogP contribution in [-0.4, -0.2) is 43.5 Å². The molecule has 1 aromatic rings. The highest BCUT2D eigenvalue weighted by Crippen LogP contribution is 2.38. The molecule has 0 saturated heterocycles. The molecule has 0 aliphatic carbocycles. The minimum atomic E-state index is -2.55. The largest absolute Gasteiger partial charge is 0.507 e. The van der Waals surface area contributed by atoms with E-state index in [1.54, 1.807) is 0 Å². The van der Waals surface area contributed by atoms with Crippen LogP contribution in [0.1, 0.15) is 32.8 Å². The molecular formula is C17H30N2O5P+2. The number of benzene rings is 1. The first-order valence-electron chi connectivity index (χ1n) is 8.72. The zero-order valence-corrected chi connectivity index (χ0v) is 16.3. The quantitative estimate of drug-likeness (QED) is 0.263. The van der Waals surface area contributed by atoms with Crippen LogP contribution in [-0.2, 0) is 25.4 Å². The second kappa shape index (κ2) is 12.2. The van der Waals surface area contributed by atoms with Gasteiger partial charge in [0.25, 0.3) is 0 Å². The molecule has 0 saturated carbocycles. The van der Waals surface area contributed by atoms with Gasteiger partial charge in [-0.2, -0.15) is 4.52 Å². The van der Waals surface area contributed by atoms with E-state index in [0.717, 1.165) is 25.2 Å². The maximum atomic E-state index is 11.9. The van der Waals surface area contributed by atoms with Gasteiger partial charge in [-0.3, -0.25) is 0 Å². The topological polar surface area (TPSA) is 76.7 Å². The van der Waals surface area contributed by atoms with Crippen LogP contribution in [0.5, 0.6) is 0 Å². The summed E-state index contributed by atoms with van der Waals surface area (Å²) in [6.45, 7) is 9.07. The molecule has 1 atom stereocenters. The van der Waals surface area contributed by atoms with Gasteiger partial charge in [0.05, 0.1) is 6.61 Å². The van der Waals surface area contributed by atoms with E-state index in [9.17, 15) is 9.69 Å². The van der Waals surface area contributed by atoms with Crippen LogP contribution in [0.2, 0.25) is 0 Å². The Labute approximate surface area is 151 Å². The van der Waals surface area contributed by atoms with Gasteiger partial charge in [0.1, 0.15) is 26.2 Å². The van der Waals surface area contributed by atoms with Crippen molar-refractivity contribution in [1.29, 1.82) is 0 Å². The number of hydrogen-bond donors (Lipinski definition) is 1. The van der Waals surface area contributed by atoms with Gasteiger partial charge in [0.2, 0.25) is 0 Å². The van der Waals surface area contributed by atoms with Crippen LogP contribution >= 0.6 is 8.60 Å². The minimum absolute atomic E-state index is 0.232. The minimum Gasteiger partial charge on any atom is -0.445 e. The molecule has 1 rings (SSSR count). The van der Waals surface area contributed by atoms with Crippen molar-refractivity contribution in [2.45, 2.75) is 33.8 Å². The lowest BCUT2D eigenvalue weighted by Gasteiger charge is -2.27. The van der Waals surface area contributed by atoms with Gasteiger partial charge in [-0.05, 0) is 32.8 Å². The summed E-state index contributed by atoms with van der Waals surface area (Å²) in [4.78, 5) is 23.5. The van der Waals surface area contributed by atoms with Crippen LogP contribution in [0.15, 0.2) is 30.3 Å². The predicted molar refractivity (Wildman–Crippen MR) is 97.2 cm³/mol. The summed E-state index contributed by atoms with van der Waals surface area (Å²) in [6.07, 6.45) is 0.0521. The summed E-state index contributed by atoms with van der Waals surface area (Å²) in [7, 11) is -2.55. The summed E-state index contributed by atoms with van der Waals surface area (Å²) in [5, 5.41) is 2.63. The molecule has 1 aromatic carbocycles. The molecule has 0 fully saturated rings. The molecule has 0 aromatic heterocycles. The van der Waals surface area contributed by atoms with Crippen molar-refractivity contribution in [3.05, 3.63) is 35.9 Å². The van der Waals surface area contributed by atoms with Crippen LogP contribution in [0, 0.1) is 0 Å². The highest BCUT2D eigenvalue weighted by Gasteiger charge is 2.35. The standard InChI is InChI=1S/C17H29N2O5P/c1-4-19(5-2,6-3)24-25(21)23-14-10-13-18-17(20)22-15-16-11-8-7-9-12-16/h7-9,11-12,25H,4-6,10,13-15H2,1-3H3/q+1/p+1. The Kier molecular flexibility index (Phi) is 10.6. The van der Waals surface area contributed by atoms with E-state index in [2.05, 4.69) is 5.32 Å². The van der Waals surface area contributed by atoms with Gasteiger partial charge < -0.3 is 10.1 Å². The number of rotatable bonds is 12. The average molecular weight is 373 g/mol. The zero-order chi connectivity index (χ0) is 18.5. The van der Waals surface area contributed by atoms with E-state index in [4.69, 9.17) is 13.9 Å². The van der Waals surface area contributed by atoms with E-state index in [1.165, 1.54) is 0 Å². The molecular weight excluding hydrogens is 343 g/mol. The van der Waals surface area contributed by atoms with Crippen molar-refractivity contribution in [3.8, 4) is 0 Å². The number of hydroxylamine groups is 3. The fraction of sp³-hybridized carbons (Fsp3) is 0.588. The predicted octanol–water partition coefficient (Wildman–Crippen LogP) is 3.52. The number of amides is 1. The van der Waals surface area contributed by atoms with Crippen LogP contribution < -0.4 is 5.32 Å². The van der Waals surface area contributed by atoms with Crippen molar-refractivity contribution < 1.29 is 28.2 Å². The van der Waals surface area contributed by atoms with E-state index in [1.807, 2.05) is 51.1 Å². The monoisotopic (exact) mass is 373 g/mol. The number of carbonyl (C=O) groups excluding carboxylic acids is 1. The molecule has 7 nitrogen and oxygen atoms in total. The molecule has 1 radical (unpaired) electrons. The summed E-state index contributed by atoms with van der Waals surface area (Å²) >= 11 is 0. The lowest BCUT2D eigenvalue weighted by Crippen LogP contribution is -2.45. The Morgan fingerprint density at radius 1 is 1.12 bits per heavy atom. The number of quaternary nitrogens is 1. The summed E-state index contributed by atoms with van der Waals surface area (Å²) in [5.74, 6) is 0. The van der Waals surface area contributed by atoms with Gasteiger partial charge in [-0.15, -0.1) is 4.65 Å². The van der Waals surface area contributed by atoms with E-state index in [0.29, 0.717) is 17.6 Å². The SMILES string of the molecule is CC[N+](CC)(CC)O[PH+]([O])OCCCNC(=O)OCc1ccccc1. The molecule has 0 heterocycles. The second-order valence-corrected chi connectivity index (χ2v) is 6.51. The molecule has 8 heteroatoms. The number of nitrogens with zero attached hydrogens (tertiary/aromatic N) is 1. The fourth-order valence-electron chi connectivity index (χ4n) is 2.24. The van der Waals surface area contributed by atoms with Gasteiger partial charge in [0.15, 0.2) is 0 Å². The van der Waals surface area contributed by atoms with Crippen molar-refractivity contribution in [1.82, 2.24) is 5.32 Å². The van der Waals surface area contributed by atoms with Gasteiger partial charge in [-0.25, -0.2) is 4.79 Å². The zero-order valence-electron chi connectivity index (χ0n) is 15.3. The second-order valence-electron chi connectivity index (χ2n) is 5.54. The maximum absolute atomic E-state index is 11.9. The molecule has 1 unspecified atom stereocenters. The van der Waals surface area contributed by atoms with Crippen molar-refractivity contribution in [2.75, 3.05) is 32.8 Å². The van der Waals surface area contributed by atoms with E-state index >= 15 is 0 Å². The van der Waals surface area contributed by atoms with E-state index < -0.39 is 14.7 Å². The third-order valence-corrected chi connectivity index (χ3v) is 5.00. The highest BCUT2D eigenvalue weighted by atomic mass is 31.2. The molecule has 1 N–H and O–H groups in total. The average Bonchev–Trinajstić information content (AvgIpc) is 2.65. The number of ether oxygens (including phenoxy) is 1. The van der Waals surface area contributed by atoms with Gasteiger partial charge in [-0.1, -0.05) is 30.3 Å². The molecule has 141 valence electrons. The number of hydrogen-bond acceptors (Lipinski definition) is 4. The van der Waals surface area contributed by atoms with Crippen LogP contribution in [0.4, 0.5) is 4.79 Å². The van der Waals surface area contributed by atoms with Crippen LogP contribution in [0.3, 0.4) is 0 Å². The number of alkyl carbamates (subject to hydrolysis) is 1. The molecule has 0 aliphatic rings. The lowest BCUT2D eigenvalue weighted by atomic mass is 10.2. The third-order valence-electron chi connectivity index (χ3n) is 4.02. The maximum Gasteiger partial charge on any atom is 0.507 e. The lowest BCUT2D eigenvalue weighted by molar-refractivity contribution is -1.08. The Balaban J connectivity index is 2.11. The highest BCUT2D eigenvalue weighted by molar-refractivity contribution is 7.40. The Morgan fingerprint density at radius 2 is 1.76 bits per heavy atom. The summed E-state index contributed by atoms with van der Waals surface area (Å²) in [6, 6.07) is 9.46. The summed E-state index contributed by atoms with van der Waals surface area (Å²) in [5.41, 5.74) is 0.932. The first kappa shape index (κ1) is 21.8. The molecule has 0 bridgehead atoms. The Bertz CT molecular complexity index is 477. The van der Waals surface area contributed by atoms with Crippen molar-refractivity contribution >= 4 is 14.7 Å². The third kappa shape index (κ3) is 8.61. The molecule has 0 aliphatic heterocycles. The smallest absolute Gasteiger partial charge is 0.445 e. The first-order chi connectivity index (χ1) is 12.0. The molecule has 0 spiro atoms. The molecule has 25 heavy (non-hydrogen) atoms. The fourth-order valence-corrected chi connectivity index (χ4v) is 3.31. The first-order valence-corrected chi connectivity index (χ1v) is 9.94. The Morgan fingerprint density at radius 3 is 2.36 bits per heavy atom. The van der Waals surface area contributed by atoms with E-state index in [-0.39, 0.29) is 13.2 Å². The van der Waals surface area contributed by atoms with Gasteiger partial charge in [0, 0.05) is 16.1 Å². The Hall–Kier alpha value is -1.24. The van der Waals surface area contributed by atoms with Crippen molar-refractivity contribution in [2.24, 2.45) is 0 Å². The van der Waals surface area contributed by atoms with Gasteiger partial charge >= 0.3 is 14.7 Å². The molecule has 1 amide bonds.